The molecule has 0 spiro atoms. The number of carbonyl (C=O) groups is 1. The van der Waals surface area contributed by atoms with Crippen LogP contribution in [0.1, 0.15) is 31.4 Å². The van der Waals surface area contributed by atoms with E-state index in [9.17, 15) is 14.3 Å². The van der Waals surface area contributed by atoms with Crippen LogP contribution in [0.4, 0.5) is 4.39 Å². The number of rotatable bonds is 4. The first-order valence-corrected chi connectivity index (χ1v) is 7.35. The number of aliphatic hydroxyl groups is 1. The Balaban J connectivity index is 2.41. The minimum atomic E-state index is -0.684. The molecule has 1 aromatic carbocycles. The number of aliphatic hydroxyl groups excluding tert-OH is 1. The molecule has 0 bridgehead atoms. The number of hydrogen-bond acceptors (Lipinski definition) is 4. The highest BCUT2D eigenvalue weighted by molar-refractivity contribution is 6.33. The molecule has 7 heteroatoms. The molecule has 0 saturated carbocycles. The molecule has 0 radical (unpaired) electrons. The molecule has 5 nitrogen and oxygen atoms in total. The number of benzene rings is 1. The van der Waals surface area contributed by atoms with Crippen molar-refractivity contribution in [2.24, 2.45) is 11.0 Å². The molecular weight excluding hydrogens is 311 g/mol. The van der Waals surface area contributed by atoms with Gasteiger partial charge in [0.15, 0.2) is 5.82 Å². The SMILES string of the molecule is Cc1cc(C2=NNC(=O)CC2C)c(F)c(Cl)c1OCC(C)O. The van der Waals surface area contributed by atoms with Crippen LogP contribution in [0.25, 0.3) is 0 Å². The molecule has 2 atom stereocenters. The molecule has 2 unspecified atom stereocenters. The lowest BCUT2D eigenvalue weighted by Crippen LogP contribution is -2.32. The van der Waals surface area contributed by atoms with Crippen molar-refractivity contribution in [3.63, 3.8) is 0 Å². The zero-order chi connectivity index (χ0) is 16.4. The van der Waals surface area contributed by atoms with Crippen molar-refractivity contribution in [3.8, 4) is 5.75 Å². The van der Waals surface area contributed by atoms with E-state index >= 15 is 0 Å². The summed E-state index contributed by atoms with van der Waals surface area (Å²) >= 11 is 6.06. The third-order valence-electron chi connectivity index (χ3n) is 3.35. The predicted octanol–water partition coefficient (Wildman–Crippen LogP) is 2.41. The highest BCUT2D eigenvalue weighted by atomic mass is 35.5. The van der Waals surface area contributed by atoms with Crippen LogP contribution in [0.15, 0.2) is 11.2 Å². The number of nitrogens with one attached hydrogen (secondary N) is 1. The molecule has 1 aromatic rings. The Hall–Kier alpha value is -1.66. The number of hydrazone groups is 1. The summed E-state index contributed by atoms with van der Waals surface area (Å²) in [5, 5.41) is 13.1. The van der Waals surface area contributed by atoms with Crippen LogP contribution in [0.3, 0.4) is 0 Å². The summed E-state index contributed by atoms with van der Waals surface area (Å²) in [6, 6.07) is 1.59. The summed E-state index contributed by atoms with van der Waals surface area (Å²) < 4.78 is 19.9. The van der Waals surface area contributed by atoms with Gasteiger partial charge in [-0.1, -0.05) is 18.5 Å². The number of nitrogens with zero attached hydrogens (tertiary/aromatic N) is 1. The Morgan fingerprint density at radius 3 is 2.91 bits per heavy atom. The lowest BCUT2D eigenvalue weighted by atomic mass is 9.92. The average molecular weight is 329 g/mol. The molecule has 1 amide bonds. The van der Waals surface area contributed by atoms with Crippen molar-refractivity contribution in [1.82, 2.24) is 5.43 Å². The lowest BCUT2D eigenvalue weighted by Gasteiger charge is -2.21. The molecule has 0 fully saturated rings. The van der Waals surface area contributed by atoms with E-state index in [1.165, 1.54) is 0 Å². The molecule has 120 valence electrons. The Morgan fingerprint density at radius 1 is 1.64 bits per heavy atom. The normalized spacial score (nSPS) is 19.5. The van der Waals surface area contributed by atoms with Crippen molar-refractivity contribution in [3.05, 3.63) is 28.0 Å². The second kappa shape index (κ2) is 6.62. The maximum absolute atomic E-state index is 14.6. The molecule has 2 rings (SSSR count). The number of aryl methyl sites for hydroxylation is 1. The maximum atomic E-state index is 14.6. The molecule has 1 heterocycles. The molecule has 1 aliphatic heterocycles. The van der Waals surface area contributed by atoms with Gasteiger partial charge in [-0.05, 0) is 25.5 Å². The van der Waals surface area contributed by atoms with E-state index in [0.29, 0.717) is 11.3 Å². The first-order chi connectivity index (χ1) is 10.3. The fourth-order valence-corrected chi connectivity index (χ4v) is 2.59. The predicted molar refractivity (Wildman–Crippen MR) is 81.8 cm³/mol. The van der Waals surface area contributed by atoms with Gasteiger partial charge in [0.2, 0.25) is 5.91 Å². The first kappa shape index (κ1) is 16.7. The van der Waals surface area contributed by atoms with Crippen LogP contribution in [-0.4, -0.2) is 29.4 Å². The third-order valence-corrected chi connectivity index (χ3v) is 3.69. The summed E-state index contributed by atoms with van der Waals surface area (Å²) in [7, 11) is 0. The highest BCUT2D eigenvalue weighted by Gasteiger charge is 2.27. The summed E-state index contributed by atoms with van der Waals surface area (Å²) in [6.07, 6.45) is -0.439. The van der Waals surface area contributed by atoms with E-state index in [1.807, 2.05) is 0 Å². The fraction of sp³-hybridized carbons (Fsp3) is 0.467. The van der Waals surface area contributed by atoms with E-state index in [-0.39, 0.29) is 41.2 Å². The van der Waals surface area contributed by atoms with E-state index in [0.717, 1.165) is 0 Å². The first-order valence-electron chi connectivity index (χ1n) is 6.97. The molecule has 2 N–H and O–H groups in total. The second-order valence-electron chi connectivity index (χ2n) is 5.50. The number of hydrogen-bond donors (Lipinski definition) is 2. The maximum Gasteiger partial charge on any atom is 0.240 e. The molecule has 0 aromatic heterocycles. The Bertz CT molecular complexity index is 632. The van der Waals surface area contributed by atoms with Crippen molar-refractivity contribution in [1.29, 1.82) is 0 Å². The van der Waals surface area contributed by atoms with Gasteiger partial charge in [-0.2, -0.15) is 5.10 Å². The standard InChI is InChI=1S/C15H18ClFN2O3/c1-7-5-11(21)18-19-14(7)10-4-8(2)15(12(16)13(10)17)22-6-9(3)20/h4,7,9,20H,5-6H2,1-3H3,(H,18,21). The Labute approximate surface area is 133 Å². The van der Waals surface area contributed by atoms with Crippen LogP contribution < -0.4 is 10.2 Å². The van der Waals surface area contributed by atoms with E-state index in [1.54, 1.807) is 26.8 Å². The van der Waals surface area contributed by atoms with Gasteiger partial charge in [0.25, 0.3) is 0 Å². The molecule has 0 aliphatic carbocycles. The molecule has 1 aliphatic rings. The Morgan fingerprint density at radius 2 is 2.32 bits per heavy atom. The van der Waals surface area contributed by atoms with Crippen LogP contribution in [-0.2, 0) is 4.79 Å². The summed E-state index contributed by atoms with van der Waals surface area (Å²) in [4.78, 5) is 11.3. The molecule has 0 saturated heterocycles. The van der Waals surface area contributed by atoms with Gasteiger partial charge in [0, 0.05) is 17.9 Å². The smallest absolute Gasteiger partial charge is 0.240 e. The van der Waals surface area contributed by atoms with Gasteiger partial charge in [-0.25, -0.2) is 9.82 Å². The van der Waals surface area contributed by atoms with E-state index < -0.39 is 11.9 Å². The van der Waals surface area contributed by atoms with Crippen LogP contribution >= 0.6 is 11.6 Å². The van der Waals surface area contributed by atoms with Gasteiger partial charge >= 0.3 is 0 Å². The summed E-state index contributed by atoms with van der Waals surface area (Å²) in [5.41, 5.74) is 3.69. The average Bonchev–Trinajstić information content (AvgIpc) is 2.43. The van der Waals surface area contributed by atoms with E-state index in [4.69, 9.17) is 16.3 Å². The minimum absolute atomic E-state index is 0.0206. The molecule has 22 heavy (non-hydrogen) atoms. The van der Waals surface area contributed by atoms with Gasteiger partial charge in [0.05, 0.1) is 11.8 Å². The number of halogens is 2. The number of ether oxygens (including phenoxy) is 1. The monoisotopic (exact) mass is 328 g/mol. The van der Waals surface area contributed by atoms with Crippen LogP contribution in [0, 0.1) is 18.7 Å². The van der Waals surface area contributed by atoms with Crippen molar-refractivity contribution in [2.45, 2.75) is 33.3 Å². The highest BCUT2D eigenvalue weighted by Crippen LogP contribution is 2.35. The van der Waals surface area contributed by atoms with Crippen molar-refractivity contribution < 1.29 is 19.0 Å². The van der Waals surface area contributed by atoms with Gasteiger partial charge in [-0.15, -0.1) is 0 Å². The molecular formula is C15H18ClFN2O3. The van der Waals surface area contributed by atoms with Crippen molar-refractivity contribution in [2.75, 3.05) is 6.61 Å². The van der Waals surface area contributed by atoms with E-state index in [2.05, 4.69) is 10.5 Å². The largest absolute Gasteiger partial charge is 0.489 e. The van der Waals surface area contributed by atoms with Crippen molar-refractivity contribution >= 4 is 23.2 Å². The van der Waals surface area contributed by atoms with Gasteiger partial charge in [0.1, 0.15) is 17.4 Å². The van der Waals surface area contributed by atoms with Gasteiger partial charge in [-0.3, -0.25) is 4.79 Å². The Kier molecular flexibility index (Phi) is 5.03. The second-order valence-corrected chi connectivity index (χ2v) is 5.87. The summed E-state index contributed by atoms with van der Waals surface area (Å²) in [6.45, 7) is 5.12. The topological polar surface area (TPSA) is 70.9 Å². The summed E-state index contributed by atoms with van der Waals surface area (Å²) in [5.74, 6) is -0.842. The third kappa shape index (κ3) is 3.39. The zero-order valence-corrected chi connectivity index (χ0v) is 13.4. The van der Waals surface area contributed by atoms with Crippen LogP contribution in [0.2, 0.25) is 5.02 Å². The zero-order valence-electron chi connectivity index (χ0n) is 12.6. The number of amides is 1. The quantitative estimate of drug-likeness (QED) is 0.891. The van der Waals surface area contributed by atoms with Crippen LogP contribution in [0.5, 0.6) is 5.75 Å². The lowest BCUT2D eigenvalue weighted by molar-refractivity contribution is -0.121. The van der Waals surface area contributed by atoms with Gasteiger partial charge < -0.3 is 9.84 Å². The number of carbonyl (C=O) groups excluding carboxylic acids is 1. The minimum Gasteiger partial charge on any atom is -0.489 e. The fourth-order valence-electron chi connectivity index (χ4n) is 2.28.